The van der Waals surface area contributed by atoms with Crippen LogP contribution in [0.4, 0.5) is 5.69 Å². The summed E-state index contributed by atoms with van der Waals surface area (Å²) in [5.41, 5.74) is 2.36. The minimum absolute atomic E-state index is 0.0635. The van der Waals surface area contributed by atoms with Gasteiger partial charge in [0.2, 0.25) is 11.8 Å². The highest BCUT2D eigenvalue weighted by atomic mass is 16.2. The molecule has 4 nitrogen and oxygen atoms in total. The molecule has 26 heavy (non-hydrogen) atoms. The van der Waals surface area contributed by atoms with E-state index in [-0.39, 0.29) is 29.7 Å². The maximum Gasteiger partial charge on any atom is 0.230 e. The summed E-state index contributed by atoms with van der Waals surface area (Å²) in [7, 11) is 1.91. The first-order valence-corrected chi connectivity index (χ1v) is 10.2. The van der Waals surface area contributed by atoms with Gasteiger partial charge in [-0.1, -0.05) is 31.5 Å². The number of nitrogens with zero attached hydrogens (tertiary/aromatic N) is 2. The zero-order chi connectivity index (χ0) is 18.7. The van der Waals surface area contributed by atoms with Crippen LogP contribution in [0.2, 0.25) is 0 Å². The number of unbranched alkanes of at least 4 members (excludes halogenated alkanes) is 1. The SMILES string of the molecule is CCCCN(C)C(=O)C1CCC(C(=O)N2c3ccccc3CC2C)CC1. The van der Waals surface area contributed by atoms with Gasteiger partial charge in [-0.3, -0.25) is 9.59 Å². The molecule has 2 aliphatic rings. The highest BCUT2D eigenvalue weighted by Crippen LogP contribution is 2.37. The van der Waals surface area contributed by atoms with Gasteiger partial charge in [-0.2, -0.15) is 0 Å². The van der Waals surface area contributed by atoms with Gasteiger partial charge in [-0.15, -0.1) is 0 Å². The molecule has 1 aromatic rings. The van der Waals surface area contributed by atoms with E-state index in [1.165, 1.54) is 5.56 Å². The molecule has 1 heterocycles. The third kappa shape index (κ3) is 3.79. The number of fused-ring (bicyclic) bond motifs is 1. The van der Waals surface area contributed by atoms with Crippen LogP contribution in [0, 0.1) is 11.8 Å². The van der Waals surface area contributed by atoms with Crippen LogP contribution in [-0.4, -0.2) is 36.3 Å². The van der Waals surface area contributed by atoms with Crippen molar-refractivity contribution in [3.05, 3.63) is 29.8 Å². The van der Waals surface area contributed by atoms with Crippen molar-refractivity contribution in [2.75, 3.05) is 18.5 Å². The molecule has 1 unspecified atom stereocenters. The number of benzene rings is 1. The number of hydrogen-bond acceptors (Lipinski definition) is 2. The van der Waals surface area contributed by atoms with E-state index in [1.807, 2.05) is 29.0 Å². The van der Waals surface area contributed by atoms with Gasteiger partial charge in [0.05, 0.1) is 0 Å². The quantitative estimate of drug-likeness (QED) is 0.799. The lowest BCUT2D eigenvalue weighted by atomic mass is 9.80. The molecule has 0 saturated heterocycles. The average molecular weight is 357 g/mol. The predicted octanol–water partition coefficient (Wildman–Crippen LogP) is 4.03. The Kier molecular flexibility index (Phi) is 6.00. The normalized spacial score (nSPS) is 25.0. The van der Waals surface area contributed by atoms with Gasteiger partial charge in [0, 0.05) is 37.2 Å². The Labute approximate surface area is 157 Å². The minimum atomic E-state index is 0.0635. The number of carbonyl (C=O) groups excluding carboxylic acids is 2. The fourth-order valence-electron chi connectivity index (χ4n) is 4.50. The molecule has 0 N–H and O–H groups in total. The molecule has 142 valence electrons. The van der Waals surface area contributed by atoms with Gasteiger partial charge < -0.3 is 9.80 Å². The topological polar surface area (TPSA) is 40.6 Å². The summed E-state index contributed by atoms with van der Waals surface area (Å²) in [5, 5.41) is 0. The second-order valence-electron chi connectivity index (χ2n) is 8.05. The van der Waals surface area contributed by atoms with Crippen molar-refractivity contribution in [3.8, 4) is 0 Å². The summed E-state index contributed by atoms with van der Waals surface area (Å²) in [5.74, 6) is 0.690. The van der Waals surface area contributed by atoms with Crippen LogP contribution in [0.15, 0.2) is 24.3 Å². The lowest BCUT2D eigenvalue weighted by Crippen LogP contribution is -2.42. The van der Waals surface area contributed by atoms with Crippen LogP contribution in [0.3, 0.4) is 0 Å². The Hall–Kier alpha value is -1.84. The Morgan fingerprint density at radius 1 is 1.12 bits per heavy atom. The highest BCUT2D eigenvalue weighted by Gasteiger charge is 2.37. The smallest absolute Gasteiger partial charge is 0.230 e. The van der Waals surface area contributed by atoms with Crippen LogP contribution in [0.5, 0.6) is 0 Å². The number of anilines is 1. The van der Waals surface area contributed by atoms with E-state index in [1.54, 1.807) is 0 Å². The molecule has 0 aromatic heterocycles. The minimum Gasteiger partial charge on any atom is -0.346 e. The zero-order valence-corrected chi connectivity index (χ0v) is 16.4. The number of hydrogen-bond donors (Lipinski definition) is 0. The van der Waals surface area contributed by atoms with Crippen LogP contribution >= 0.6 is 0 Å². The van der Waals surface area contributed by atoms with Crippen LogP contribution in [-0.2, 0) is 16.0 Å². The molecule has 2 amide bonds. The zero-order valence-electron chi connectivity index (χ0n) is 16.4. The summed E-state index contributed by atoms with van der Waals surface area (Å²) < 4.78 is 0. The van der Waals surface area contributed by atoms with Crippen LogP contribution in [0.1, 0.15) is 57.9 Å². The fourth-order valence-corrected chi connectivity index (χ4v) is 4.50. The molecule has 1 aliphatic heterocycles. The van der Waals surface area contributed by atoms with Gasteiger partial charge in [-0.05, 0) is 57.1 Å². The molecule has 1 saturated carbocycles. The molecule has 4 heteroatoms. The van der Waals surface area contributed by atoms with Crippen molar-refractivity contribution >= 4 is 17.5 Å². The second kappa shape index (κ2) is 8.24. The van der Waals surface area contributed by atoms with E-state index in [2.05, 4.69) is 26.0 Å². The molecule has 3 rings (SSSR count). The maximum atomic E-state index is 13.2. The van der Waals surface area contributed by atoms with E-state index in [0.29, 0.717) is 0 Å². The van der Waals surface area contributed by atoms with E-state index >= 15 is 0 Å². The summed E-state index contributed by atoms with van der Waals surface area (Å²) in [6.45, 7) is 5.12. The predicted molar refractivity (Wildman–Crippen MR) is 105 cm³/mol. The van der Waals surface area contributed by atoms with E-state index < -0.39 is 0 Å². The van der Waals surface area contributed by atoms with Gasteiger partial charge in [0.1, 0.15) is 0 Å². The monoisotopic (exact) mass is 356 g/mol. The molecular formula is C22H32N2O2. The van der Waals surface area contributed by atoms with Gasteiger partial charge in [0.25, 0.3) is 0 Å². The average Bonchev–Trinajstić information content (AvgIpc) is 3.00. The number of carbonyl (C=O) groups is 2. The van der Waals surface area contributed by atoms with Gasteiger partial charge in [-0.25, -0.2) is 0 Å². The van der Waals surface area contributed by atoms with Crippen molar-refractivity contribution < 1.29 is 9.59 Å². The molecule has 0 bridgehead atoms. The molecule has 1 fully saturated rings. The number of rotatable bonds is 5. The van der Waals surface area contributed by atoms with Crippen molar-refractivity contribution in [2.45, 2.75) is 64.8 Å². The molecule has 0 spiro atoms. The maximum absolute atomic E-state index is 13.2. The van der Waals surface area contributed by atoms with Crippen molar-refractivity contribution in [2.24, 2.45) is 11.8 Å². The van der Waals surface area contributed by atoms with Crippen LogP contribution < -0.4 is 4.90 Å². The first-order chi connectivity index (χ1) is 12.5. The van der Waals surface area contributed by atoms with Gasteiger partial charge in [0.15, 0.2) is 0 Å². The summed E-state index contributed by atoms with van der Waals surface area (Å²) in [6.07, 6.45) is 6.46. The lowest BCUT2D eigenvalue weighted by molar-refractivity contribution is -0.136. The fraction of sp³-hybridized carbons (Fsp3) is 0.636. The van der Waals surface area contributed by atoms with Crippen LogP contribution in [0.25, 0.3) is 0 Å². The Morgan fingerprint density at radius 2 is 1.77 bits per heavy atom. The highest BCUT2D eigenvalue weighted by molar-refractivity contribution is 5.97. The largest absolute Gasteiger partial charge is 0.346 e. The Bertz CT molecular complexity index is 649. The summed E-state index contributed by atoms with van der Waals surface area (Å²) in [4.78, 5) is 29.6. The number of amides is 2. The molecule has 0 radical (unpaired) electrons. The van der Waals surface area contributed by atoms with Gasteiger partial charge >= 0.3 is 0 Å². The summed E-state index contributed by atoms with van der Waals surface area (Å²) >= 11 is 0. The third-order valence-electron chi connectivity index (χ3n) is 6.09. The molecule has 1 atom stereocenters. The standard InChI is InChI=1S/C22H32N2O2/c1-4-5-14-23(3)21(25)17-10-12-18(13-11-17)22(26)24-16(2)15-19-8-6-7-9-20(19)24/h6-9,16-18H,4-5,10-15H2,1-3H3. The van der Waals surface area contributed by atoms with E-state index in [0.717, 1.165) is 57.2 Å². The van der Waals surface area contributed by atoms with E-state index in [4.69, 9.17) is 0 Å². The van der Waals surface area contributed by atoms with Crippen molar-refractivity contribution in [3.63, 3.8) is 0 Å². The number of para-hydroxylation sites is 1. The third-order valence-corrected chi connectivity index (χ3v) is 6.09. The molecular weight excluding hydrogens is 324 g/mol. The molecule has 1 aliphatic carbocycles. The molecule has 1 aromatic carbocycles. The first-order valence-electron chi connectivity index (χ1n) is 10.2. The Morgan fingerprint density at radius 3 is 2.46 bits per heavy atom. The second-order valence-corrected chi connectivity index (χ2v) is 8.05. The summed E-state index contributed by atoms with van der Waals surface area (Å²) in [6, 6.07) is 8.49. The van der Waals surface area contributed by atoms with E-state index in [9.17, 15) is 9.59 Å². The van der Waals surface area contributed by atoms with Crippen molar-refractivity contribution in [1.82, 2.24) is 4.90 Å². The Balaban J connectivity index is 1.58. The van der Waals surface area contributed by atoms with Crippen molar-refractivity contribution in [1.29, 1.82) is 0 Å². The lowest BCUT2D eigenvalue weighted by Gasteiger charge is -2.33. The first kappa shape index (κ1) is 18.9.